The summed E-state index contributed by atoms with van der Waals surface area (Å²) in [4.78, 5) is 2.58. The van der Waals surface area contributed by atoms with E-state index in [4.69, 9.17) is 14.2 Å². The summed E-state index contributed by atoms with van der Waals surface area (Å²) in [6.07, 6.45) is 10.7. The summed E-state index contributed by atoms with van der Waals surface area (Å²) < 4.78 is 18.0. The van der Waals surface area contributed by atoms with Crippen LogP contribution in [0.15, 0.2) is 0 Å². The number of nitrogens with one attached hydrogen (secondary N) is 1. The molecule has 3 rings (SSSR count). The maximum Gasteiger partial charge on any atom is 0.149 e. The molecule has 5 heteroatoms. The molecule has 3 aliphatic rings. The molecule has 158 valence electrons. The van der Waals surface area contributed by atoms with E-state index in [1.54, 1.807) is 0 Å². The smallest absolute Gasteiger partial charge is 0.149 e. The molecule has 27 heavy (non-hydrogen) atoms. The van der Waals surface area contributed by atoms with Crippen LogP contribution in [0.25, 0.3) is 0 Å². The second kappa shape index (κ2) is 10.5. The average molecular weight is 383 g/mol. The Morgan fingerprint density at radius 1 is 1.15 bits per heavy atom. The van der Waals surface area contributed by atoms with Crippen LogP contribution in [0.1, 0.15) is 72.1 Å². The molecule has 6 atom stereocenters. The normalized spacial score (nSPS) is 43.0. The van der Waals surface area contributed by atoms with Gasteiger partial charge >= 0.3 is 0 Å². The molecule has 2 heterocycles. The maximum absolute atomic E-state index is 6.32. The van der Waals surface area contributed by atoms with Gasteiger partial charge in [-0.05, 0) is 45.4 Å². The van der Waals surface area contributed by atoms with Gasteiger partial charge < -0.3 is 14.2 Å². The Morgan fingerprint density at radius 3 is 2.81 bits per heavy atom. The molecule has 1 aliphatic carbocycles. The lowest BCUT2D eigenvalue weighted by atomic mass is 9.96. The summed E-state index contributed by atoms with van der Waals surface area (Å²) in [5.74, 6) is 1.40. The van der Waals surface area contributed by atoms with E-state index in [2.05, 4.69) is 31.0 Å². The number of fused-ring (bicyclic) bond motifs is 3. The van der Waals surface area contributed by atoms with Crippen molar-refractivity contribution in [3.8, 4) is 0 Å². The highest BCUT2D eigenvalue weighted by atomic mass is 16.7. The van der Waals surface area contributed by atoms with Crippen molar-refractivity contribution in [2.75, 3.05) is 39.8 Å². The fourth-order valence-corrected chi connectivity index (χ4v) is 5.05. The Balaban J connectivity index is 1.45. The summed E-state index contributed by atoms with van der Waals surface area (Å²) in [5.41, 5.74) is 0.0732. The minimum absolute atomic E-state index is 0.0732. The molecule has 0 aromatic carbocycles. The average Bonchev–Trinajstić information content (AvgIpc) is 3.19. The Bertz CT molecular complexity index is 436. The largest absolute Gasteiger partial charge is 0.377 e. The van der Waals surface area contributed by atoms with Crippen LogP contribution in [-0.4, -0.2) is 62.4 Å². The van der Waals surface area contributed by atoms with Gasteiger partial charge in [-0.3, -0.25) is 10.2 Å². The van der Waals surface area contributed by atoms with Gasteiger partial charge in [0.2, 0.25) is 0 Å². The standard InChI is InChI=1S/C22H42N2O3/c1-4-20-18(2)24-12-11-23-16-25-17-27-22(3)14-19(22)10-8-6-5-7-9-13-26-21(20)15-24/h18-21,23H,4-17H2,1-3H3/t18-,19-,20+,21+,22-/m1/s1. The van der Waals surface area contributed by atoms with Crippen LogP contribution in [0, 0.1) is 11.8 Å². The Hall–Kier alpha value is -0.200. The zero-order valence-corrected chi connectivity index (χ0v) is 17.9. The second-order valence-corrected chi connectivity index (χ2v) is 9.10. The van der Waals surface area contributed by atoms with Crippen molar-refractivity contribution in [2.24, 2.45) is 11.8 Å². The number of ether oxygens (including phenoxy) is 3. The van der Waals surface area contributed by atoms with Crippen molar-refractivity contribution in [1.29, 1.82) is 0 Å². The van der Waals surface area contributed by atoms with Crippen LogP contribution in [-0.2, 0) is 14.2 Å². The van der Waals surface area contributed by atoms with Gasteiger partial charge in [0.05, 0.1) is 18.4 Å². The van der Waals surface area contributed by atoms with Crippen LogP contribution in [0.4, 0.5) is 0 Å². The Morgan fingerprint density at radius 2 is 1.96 bits per heavy atom. The van der Waals surface area contributed by atoms with Gasteiger partial charge in [-0.25, -0.2) is 0 Å². The molecular weight excluding hydrogens is 340 g/mol. The molecule has 2 bridgehead atoms. The minimum atomic E-state index is 0.0732. The van der Waals surface area contributed by atoms with E-state index < -0.39 is 0 Å². The summed E-state index contributed by atoms with van der Waals surface area (Å²) in [7, 11) is 0. The predicted octanol–water partition coefficient (Wildman–Crippen LogP) is 3.77. The van der Waals surface area contributed by atoms with E-state index in [1.165, 1.54) is 51.4 Å². The zero-order valence-electron chi connectivity index (χ0n) is 17.9. The second-order valence-electron chi connectivity index (χ2n) is 9.10. The van der Waals surface area contributed by atoms with Gasteiger partial charge in [-0.15, -0.1) is 0 Å². The van der Waals surface area contributed by atoms with Crippen molar-refractivity contribution in [3.63, 3.8) is 0 Å². The molecule has 2 saturated heterocycles. The molecule has 0 amide bonds. The molecule has 1 N–H and O–H groups in total. The molecule has 1 saturated carbocycles. The summed E-state index contributed by atoms with van der Waals surface area (Å²) in [5, 5.41) is 3.40. The first kappa shape index (κ1) is 21.5. The highest BCUT2D eigenvalue weighted by molar-refractivity contribution is 5.01. The van der Waals surface area contributed by atoms with Crippen molar-refractivity contribution in [2.45, 2.75) is 89.9 Å². The lowest BCUT2D eigenvalue weighted by Crippen LogP contribution is -2.36. The molecule has 0 aromatic heterocycles. The van der Waals surface area contributed by atoms with Gasteiger partial charge in [0.1, 0.15) is 6.79 Å². The predicted molar refractivity (Wildman–Crippen MR) is 109 cm³/mol. The van der Waals surface area contributed by atoms with E-state index in [9.17, 15) is 0 Å². The lowest BCUT2D eigenvalue weighted by Gasteiger charge is -2.24. The van der Waals surface area contributed by atoms with E-state index in [0.29, 0.717) is 31.6 Å². The van der Waals surface area contributed by atoms with Crippen LogP contribution in [0.5, 0.6) is 0 Å². The van der Waals surface area contributed by atoms with E-state index in [-0.39, 0.29) is 5.60 Å². The van der Waals surface area contributed by atoms with Crippen molar-refractivity contribution >= 4 is 0 Å². The summed E-state index contributed by atoms with van der Waals surface area (Å²) in [6.45, 7) is 11.9. The minimum Gasteiger partial charge on any atom is -0.377 e. The summed E-state index contributed by atoms with van der Waals surface area (Å²) in [6, 6.07) is 0.604. The molecular formula is C22H42N2O3. The number of nitrogens with zero attached hydrogens (tertiary/aromatic N) is 1. The first-order valence-electron chi connectivity index (χ1n) is 11.4. The first-order valence-corrected chi connectivity index (χ1v) is 11.4. The van der Waals surface area contributed by atoms with Crippen LogP contribution in [0.2, 0.25) is 0 Å². The van der Waals surface area contributed by atoms with Crippen LogP contribution < -0.4 is 5.32 Å². The topological polar surface area (TPSA) is 43.0 Å². The molecule has 2 aliphatic heterocycles. The number of rotatable bonds is 1. The monoisotopic (exact) mass is 382 g/mol. The van der Waals surface area contributed by atoms with Crippen molar-refractivity contribution < 1.29 is 14.2 Å². The number of hydrogen-bond donors (Lipinski definition) is 1. The third kappa shape index (κ3) is 6.14. The SMILES string of the molecule is CC[C@@H]1[C@@H]2CN(CCNCOCO[C@]3(C)C[C@H]3CCCCCCCO2)[C@@H]1C. The van der Waals surface area contributed by atoms with Gasteiger partial charge in [0, 0.05) is 38.2 Å². The fourth-order valence-electron chi connectivity index (χ4n) is 5.05. The zero-order chi connectivity index (χ0) is 19.1. The molecule has 0 radical (unpaired) electrons. The Labute approximate surface area is 166 Å². The summed E-state index contributed by atoms with van der Waals surface area (Å²) >= 11 is 0. The molecule has 0 spiro atoms. The van der Waals surface area contributed by atoms with E-state index in [0.717, 1.165) is 32.2 Å². The molecule has 0 aromatic rings. The highest BCUT2D eigenvalue weighted by Gasteiger charge is 2.50. The third-order valence-electron chi connectivity index (χ3n) is 7.19. The lowest BCUT2D eigenvalue weighted by molar-refractivity contribution is -0.105. The van der Waals surface area contributed by atoms with Crippen LogP contribution >= 0.6 is 0 Å². The van der Waals surface area contributed by atoms with E-state index >= 15 is 0 Å². The van der Waals surface area contributed by atoms with E-state index in [1.807, 2.05) is 0 Å². The van der Waals surface area contributed by atoms with Crippen molar-refractivity contribution in [1.82, 2.24) is 10.2 Å². The van der Waals surface area contributed by atoms with Gasteiger partial charge in [-0.1, -0.05) is 32.6 Å². The Kier molecular flexibility index (Phi) is 8.40. The molecule has 3 fully saturated rings. The van der Waals surface area contributed by atoms with Gasteiger partial charge in [-0.2, -0.15) is 0 Å². The maximum atomic E-state index is 6.32. The first-order chi connectivity index (χ1) is 13.1. The van der Waals surface area contributed by atoms with Crippen LogP contribution in [0.3, 0.4) is 0 Å². The highest BCUT2D eigenvalue weighted by Crippen LogP contribution is 2.49. The van der Waals surface area contributed by atoms with Crippen molar-refractivity contribution in [3.05, 3.63) is 0 Å². The number of hydrogen-bond acceptors (Lipinski definition) is 5. The fraction of sp³-hybridized carbons (Fsp3) is 1.00. The molecule has 5 nitrogen and oxygen atoms in total. The van der Waals surface area contributed by atoms with Gasteiger partial charge in [0.15, 0.2) is 0 Å². The van der Waals surface area contributed by atoms with Gasteiger partial charge in [0.25, 0.3) is 0 Å². The molecule has 1 unspecified atom stereocenters. The third-order valence-corrected chi connectivity index (χ3v) is 7.19. The quantitative estimate of drug-likeness (QED) is 0.748.